The Hall–Kier alpha value is -3.12. The SMILES string of the molecule is Cc1cccc(Nc2ccccc2C(=O)Nc2cnn(CCN(C)C)c2)c1C. The Balaban J connectivity index is 1.75. The Bertz CT molecular complexity index is 961. The van der Waals surface area contributed by atoms with Crippen molar-refractivity contribution in [3.05, 3.63) is 71.5 Å². The molecule has 0 spiro atoms. The predicted octanol–water partition coefficient (Wildman–Crippen LogP) is 4.06. The molecule has 0 saturated carbocycles. The Morgan fingerprint density at radius 1 is 1.07 bits per heavy atom. The Morgan fingerprint density at radius 3 is 2.61 bits per heavy atom. The highest BCUT2D eigenvalue weighted by Gasteiger charge is 2.13. The van der Waals surface area contributed by atoms with Gasteiger partial charge in [0, 0.05) is 18.4 Å². The first kappa shape index (κ1) is 19.6. The van der Waals surface area contributed by atoms with Crippen molar-refractivity contribution in [1.82, 2.24) is 14.7 Å². The molecule has 0 radical (unpaired) electrons. The topological polar surface area (TPSA) is 62.2 Å². The number of benzene rings is 2. The van der Waals surface area contributed by atoms with Crippen LogP contribution in [0.4, 0.5) is 17.1 Å². The van der Waals surface area contributed by atoms with E-state index in [4.69, 9.17) is 0 Å². The van der Waals surface area contributed by atoms with Gasteiger partial charge in [-0.15, -0.1) is 0 Å². The number of anilines is 3. The number of amides is 1. The highest BCUT2D eigenvalue weighted by atomic mass is 16.1. The van der Waals surface area contributed by atoms with E-state index in [1.165, 1.54) is 11.1 Å². The number of aromatic nitrogens is 2. The minimum atomic E-state index is -0.166. The molecule has 2 aromatic carbocycles. The number of hydrogen-bond acceptors (Lipinski definition) is 4. The molecule has 6 nitrogen and oxygen atoms in total. The maximum atomic E-state index is 12.9. The lowest BCUT2D eigenvalue weighted by atomic mass is 10.1. The van der Waals surface area contributed by atoms with Crippen LogP contribution in [0.2, 0.25) is 0 Å². The van der Waals surface area contributed by atoms with E-state index >= 15 is 0 Å². The van der Waals surface area contributed by atoms with Crippen molar-refractivity contribution < 1.29 is 4.79 Å². The van der Waals surface area contributed by atoms with Crippen molar-refractivity contribution in [2.45, 2.75) is 20.4 Å². The van der Waals surface area contributed by atoms with Gasteiger partial charge in [-0.1, -0.05) is 24.3 Å². The van der Waals surface area contributed by atoms with Crippen LogP contribution in [0.3, 0.4) is 0 Å². The predicted molar refractivity (Wildman–Crippen MR) is 114 cm³/mol. The summed E-state index contributed by atoms with van der Waals surface area (Å²) in [4.78, 5) is 14.9. The zero-order chi connectivity index (χ0) is 20.1. The van der Waals surface area contributed by atoms with Crippen molar-refractivity contribution in [3.8, 4) is 0 Å². The van der Waals surface area contributed by atoms with Crippen LogP contribution in [0, 0.1) is 13.8 Å². The molecule has 0 aliphatic carbocycles. The molecule has 0 aliphatic rings. The normalized spacial score (nSPS) is 10.9. The van der Waals surface area contributed by atoms with E-state index < -0.39 is 0 Å². The van der Waals surface area contributed by atoms with Gasteiger partial charge in [0.15, 0.2) is 0 Å². The van der Waals surface area contributed by atoms with Gasteiger partial charge in [-0.25, -0.2) is 0 Å². The Kier molecular flexibility index (Phi) is 6.11. The van der Waals surface area contributed by atoms with Gasteiger partial charge < -0.3 is 15.5 Å². The number of carbonyl (C=O) groups is 1. The average molecular weight is 377 g/mol. The number of hydrogen-bond donors (Lipinski definition) is 2. The van der Waals surface area contributed by atoms with Crippen LogP contribution in [0.1, 0.15) is 21.5 Å². The number of nitrogens with zero attached hydrogens (tertiary/aromatic N) is 3. The molecule has 3 aromatic rings. The first-order valence-corrected chi connectivity index (χ1v) is 9.35. The number of aryl methyl sites for hydroxylation is 1. The monoisotopic (exact) mass is 377 g/mol. The van der Waals surface area contributed by atoms with E-state index in [2.05, 4.69) is 40.5 Å². The Morgan fingerprint density at radius 2 is 1.82 bits per heavy atom. The molecule has 3 rings (SSSR count). The van der Waals surface area contributed by atoms with E-state index in [1.54, 1.807) is 6.20 Å². The van der Waals surface area contributed by atoms with Crippen molar-refractivity contribution in [2.24, 2.45) is 0 Å². The zero-order valence-corrected chi connectivity index (χ0v) is 16.9. The summed E-state index contributed by atoms with van der Waals surface area (Å²) in [5, 5.41) is 10.6. The van der Waals surface area contributed by atoms with Crippen LogP contribution in [0.15, 0.2) is 54.9 Å². The van der Waals surface area contributed by atoms with Gasteiger partial charge >= 0.3 is 0 Å². The molecular formula is C22H27N5O. The van der Waals surface area contributed by atoms with E-state index in [0.29, 0.717) is 11.3 Å². The minimum absolute atomic E-state index is 0.166. The number of carbonyl (C=O) groups excluding carboxylic acids is 1. The summed E-state index contributed by atoms with van der Waals surface area (Å²) in [7, 11) is 4.04. The molecular weight excluding hydrogens is 350 g/mol. The molecule has 146 valence electrons. The van der Waals surface area contributed by atoms with E-state index in [1.807, 2.05) is 61.4 Å². The van der Waals surface area contributed by atoms with Crippen LogP contribution in [0.5, 0.6) is 0 Å². The molecule has 1 aromatic heterocycles. The van der Waals surface area contributed by atoms with Crippen molar-refractivity contribution in [2.75, 3.05) is 31.3 Å². The standard InChI is InChI=1S/C22H27N5O/c1-16-8-7-11-20(17(16)2)25-21-10-6-5-9-19(21)22(28)24-18-14-23-27(15-18)13-12-26(3)4/h5-11,14-15,25H,12-13H2,1-4H3,(H,24,28). The summed E-state index contributed by atoms with van der Waals surface area (Å²) < 4.78 is 1.83. The third-order valence-electron chi connectivity index (χ3n) is 4.71. The van der Waals surface area contributed by atoms with Gasteiger partial charge in [-0.05, 0) is 57.3 Å². The lowest BCUT2D eigenvalue weighted by Crippen LogP contribution is -2.18. The smallest absolute Gasteiger partial charge is 0.257 e. The summed E-state index contributed by atoms with van der Waals surface area (Å²) in [6.07, 6.45) is 3.52. The van der Waals surface area contributed by atoms with Crippen LogP contribution < -0.4 is 10.6 Å². The fraction of sp³-hybridized carbons (Fsp3) is 0.273. The number of nitrogens with one attached hydrogen (secondary N) is 2. The van der Waals surface area contributed by atoms with Gasteiger partial charge in [0.1, 0.15) is 0 Å². The molecule has 2 N–H and O–H groups in total. The molecule has 1 heterocycles. The molecule has 1 amide bonds. The summed E-state index contributed by atoms with van der Waals surface area (Å²) >= 11 is 0. The quantitative estimate of drug-likeness (QED) is 0.652. The average Bonchev–Trinajstić information content (AvgIpc) is 3.11. The van der Waals surface area contributed by atoms with Crippen molar-refractivity contribution in [1.29, 1.82) is 0 Å². The van der Waals surface area contributed by atoms with Gasteiger partial charge in [0.25, 0.3) is 5.91 Å². The molecule has 6 heteroatoms. The lowest BCUT2D eigenvalue weighted by Gasteiger charge is -2.14. The third-order valence-corrected chi connectivity index (χ3v) is 4.71. The van der Waals surface area contributed by atoms with E-state index in [9.17, 15) is 4.79 Å². The molecule has 0 aliphatic heterocycles. The first-order valence-electron chi connectivity index (χ1n) is 9.35. The second-order valence-corrected chi connectivity index (χ2v) is 7.17. The number of para-hydroxylation sites is 1. The fourth-order valence-electron chi connectivity index (χ4n) is 2.87. The molecule has 0 atom stereocenters. The van der Waals surface area contributed by atoms with E-state index in [-0.39, 0.29) is 5.91 Å². The van der Waals surface area contributed by atoms with Crippen molar-refractivity contribution >= 4 is 23.0 Å². The fourth-order valence-corrected chi connectivity index (χ4v) is 2.87. The second kappa shape index (κ2) is 8.71. The molecule has 0 bridgehead atoms. The molecule has 0 unspecified atom stereocenters. The Labute approximate surface area is 166 Å². The summed E-state index contributed by atoms with van der Waals surface area (Å²) in [6, 6.07) is 13.6. The highest BCUT2D eigenvalue weighted by molar-refractivity contribution is 6.08. The summed E-state index contributed by atoms with van der Waals surface area (Å²) in [6.45, 7) is 5.81. The molecule has 0 fully saturated rings. The number of rotatable bonds is 7. The molecule has 28 heavy (non-hydrogen) atoms. The van der Waals surface area contributed by atoms with Crippen molar-refractivity contribution in [3.63, 3.8) is 0 Å². The van der Waals surface area contributed by atoms with Crippen LogP contribution >= 0.6 is 0 Å². The van der Waals surface area contributed by atoms with E-state index in [0.717, 1.165) is 24.5 Å². The third kappa shape index (κ3) is 4.78. The minimum Gasteiger partial charge on any atom is -0.355 e. The van der Waals surface area contributed by atoms with Gasteiger partial charge in [-0.2, -0.15) is 5.10 Å². The van der Waals surface area contributed by atoms with Gasteiger partial charge in [-0.3, -0.25) is 9.48 Å². The van der Waals surface area contributed by atoms with Crippen LogP contribution in [-0.4, -0.2) is 41.2 Å². The molecule has 0 saturated heterocycles. The first-order chi connectivity index (χ1) is 13.4. The largest absolute Gasteiger partial charge is 0.355 e. The van der Waals surface area contributed by atoms with Crippen LogP contribution in [-0.2, 0) is 6.54 Å². The maximum Gasteiger partial charge on any atom is 0.257 e. The van der Waals surface area contributed by atoms with Gasteiger partial charge in [0.2, 0.25) is 0 Å². The highest BCUT2D eigenvalue weighted by Crippen LogP contribution is 2.25. The summed E-state index contributed by atoms with van der Waals surface area (Å²) in [5.41, 5.74) is 5.41. The van der Waals surface area contributed by atoms with Gasteiger partial charge in [0.05, 0.1) is 29.7 Å². The maximum absolute atomic E-state index is 12.9. The van der Waals surface area contributed by atoms with Crippen LogP contribution in [0.25, 0.3) is 0 Å². The zero-order valence-electron chi connectivity index (χ0n) is 16.9. The second-order valence-electron chi connectivity index (χ2n) is 7.17. The summed E-state index contributed by atoms with van der Waals surface area (Å²) in [5.74, 6) is -0.166. The lowest BCUT2D eigenvalue weighted by molar-refractivity contribution is 0.102. The number of likely N-dealkylation sites (N-methyl/N-ethyl adjacent to an activating group) is 1.